The van der Waals surface area contributed by atoms with Gasteiger partial charge in [0.25, 0.3) is 0 Å². The summed E-state index contributed by atoms with van der Waals surface area (Å²) in [5, 5.41) is 8.43. The lowest BCUT2D eigenvalue weighted by Gasteiger charge is -2.09. The van der Waals surface area contributed by atoms with Gasteiger partial charge in [-0.25, -0.2) is 0 Å². The van der Waals surface area contributed by atoms with Crippen molar-refractivity contribution in [1.82, 2.24) is 0 Å². The number of rotatable bonds is 6. The Bertz CT molecular complexity index is 796. The van der Waals surface area contributed by atoms with E-state index in [0.717, 1.165) is 17.3 Å². The Morgan fingerprint density at radius 3 is 2.04 bits per heavy atom. The highest BCUT2D eigenvalue weighted by atomic mass is 32.2. The van der Waals surface area contributed by atoms with Crippen molar-refractivity contribution in [2.75, 3.05) is 0 Å². The van der Waals surface area contributed by atoms with Gasteiger partial charge in [0, 0.05) is 0 Å². The molecule has 1 heterocycles. The summed E-state index contributed by atoms with van der Waals surface area (Å²) in [4.78, 5) is 33.6. The van der Waals surface area contributed by atoms with Crippen LogP contribution in [-0.2, 0) is 27.2 Å². The third-order valence-corrected chi connectivity index (χ3v) is 4.93. The van der Waals surface area contributed by atoms with E-state index < -0.39 is 5.97 Å². The maximum Gasteiger partial charge on any atom is 0.307 e. The Morgan fingerprint density at radius 1 is 1.00 bits per heavy atom. The summed E-state index contributed by atoms with van der Waals surface area (Å²) in [7, 11) is 0. The number of Topliss-reactive ketones (excluding diaryl/α,β-unsaturated/α-hetero) is 1. The van der Waals surface area contributed by atoms with Gasteiger partial charge >= 0.3 is 5.97 Å². The predicted molar refractivity (Wildman–Crippen MR) is 94.0 cm³/mol. The van der Waals surface area contributed by atoms with Crippen molar-refractivity contribution in [3.8, 4) is 11.5 Å². The molecule has 1 unspecified atom stereocenters. The largest absolute Gasteiger partial charge is 0.481 e. The molecule has 0 bridgehead atoms. The molecule has 3 rings (SSSR count). The van der Waals surface area contributed by atoms with Crippen molar-refractivity contribution in [1.29, 1.82) is 0 Å². The highest BCUT2D eigenvalue weighted by molar-refractivity contribution is 8.15. The normalized spacial score (nSPS) is 16.9. The molecule has 25 heavy (non-hydrogen) atoms. The number of aliphatic carboxylic acids is 1. The molecule has 128 valence electrons. The standard InChI is InChI=1S/C19H16O5S/c20-16-11-19(23)25-17(16)9-12-1-5-14(6-2-12)24-15-7-3-13(4-8-15)10-18(21)22/h1-8,17H,9-11H2,(H,21,22). The van der Waals surface area contributed by atoms with Gasteiger partial charge in [-0.15, -0.1) is 0 Å². The summed E-state index contributed by atoms with van der Waals surface area (Å²) in [6, 6.07) is 14.3. The Morgan fingerprint density at radius 2 is 1.56 bits per heavy atom. The van der Waals surface area contributed by atoms with Crippen LogP contribution in [0.25, 0.3) is 0 Å². The van der Waals surface area contributed by atoms with Crippen molar-refractivity contribution < 1.29 is 24.2 Å². The maximum absolute atomic E-state index is 11.7. The molecule has 1 saturated heterocycles. The minimum atomic E-state index is -0.870. The first-order chi connectivity index (χ1) is 12.0. The summed E-state index contributed by atoms with van der Waals surface area (Å²) >= 11 is 1.12. The van der Waals surface area contributed by atoms with E-state index in [2.05, 4.69) is 0 Å². The summed E-state index contributed by atoms with van der Waals surface area (Å²) < 4.78 is 5.73. The molecule has 1 aliphatic rings. The van der Waals surface area contributed by atoms with Gasteiger partial charge in [-0.05, 0) is 41.8 Å². The van der Waals surface area contributed by atoms with Crippen LogP contribution in [0.15, 0.2) is 48.5 Å². The first-order valence-electron chi connectivity index (χ1n) is 7.79. The molecule has 2 aromatic carbocycles. The van der Waals surface area contributed by atoms with Crippen LogP contribution in [0.4, 0.5) is 0 Å². The van der Waals surface area contributed by atoms with Gasteiger partial charge in [-0.2, -0.15) is 0 Å². The van der Waals surface area contributed by atoms with Gasteiger partial charge in [-0.1, -0.05) is 36.0 Å². The molecular weight excluding hydrogens is 340 g/mol. The predicted octanol–water partition coefficient (Wildman–Crippen LogP) is 3.25. The van der Waals surface area contributed by atoms with Crippen LogP contribution < -0.4 is 4.74 Å². The molecule has 0 radical (unpaired) electrons. The van der Waals surface area contributed by atoms with Gasteiger partial charge in [0.2, 0.25) is 0 Å². The number of hydrogen-bond acceptors (Lipinski definition) is 5. The van der Waals surface area contributed by atoms with Crippen molar-refractivity contribution in [3.05, 3.63) is 59.7 Å². The van der Waals surface area contributed by atoms with Crippen LogP contribution in [0.2, 0.25) is 0 Å². The van der Waals surface area contributed by atoms with Gasteiger partial charge in [0.1, 0.15) is 11.5 Å². The van der Waals surface area contributed by atoms with Crippen LogP contribution in [0.1, 0.15) is 17.5 Å². The molecule has 0 spiro atoms. The zero-order chi connectivity index (χ0) is 17.8. The summed E-state index contributed by atoms with van der Waals surface area (Å²) in [6.07, 6.45) is 0.559. The zero-order valence-corrected chi connectivity index (χ0v) is 14.1. The van der Waals surface area contributed by atoms with Crippen LogP contribution in [0, 0.1) is 0 Å². The lowest BCUT2D eigenvalue weighted by molar-refractivity contribution is -0.136. The average Bonchev–Trinajstić information content (AvgIpc) is 2.88. The molecule has 5 nitrogen and oxygen atoms in total. The molecular formula is C19H16O5S. The summed E-state index contributed by atoms with van der Waals surface area (Å²) in [6.45, 7) is 0. The second-order valence-electron chi connectivity index (χ2n) is 5.79. The Balaban J connectivity index is 1.60. The van der Waals surface area contributed by atoms with Crippen molar-refractivity contribution >= 4 is 28.6 Å². The molecule has 0 aliphatic carbocycles. The third-order valence-electron chi connectivity index (χ3n) is 3.81. The molecule has 1 atom stereocenters. The smallest absolute Gasteiger partial charge is 0.307 e. The molecule has 2 aromatic rings. The minimum Gasteiger partial charge on any atom is -0.481 e. The Labute approximate surface area is 149 Å². The number of hydrogen-bond donors (Lipinski definition) is 1. The number of carboxylic acid groups (broad SMARTS) is 1. The summed E-state index contributed by atoms with van der Waals surface area (Å²) in [5.74, 6) is 0.395. The number of ketones is 1. The van der Waals surface area contributed by atoms with Crippen molar-refractivity contribution in [3.63, 3.8) is 0 Å². The quantitative estimate of drug-likeness (QED) is 0.800. The van der Waals surface area contributed by atoms with E-state index in [1.807, 2.05) is 24.3 Å². The fraction of sp³-hybridized carbons (Fsp3) is 0.211. The number of ether oxygens (including phenoxy) is 1. The Kier molecular flexibility index (Phi) is 5.19. The van der Waals surface area contributed by atoms with Gasteiger partial charge in [-0.3, -0.25) is 14.4 Å². The van der Waals surface area contributed by atoms with Crippen molar-refractivity contribution in [2.45, 2.75) is 24.5 Å². The van der Waals surface area contributed by atoms with E-state index in [1.54, 1.807) is 24.3 Å². The highest BCUT2D eigenvalue weighted by Crippen LogP contribution is 2.29. The molecule has 0 aromatic heterocycles. The van der Waals surface area contributed by atoms with E-state index in [-0.39, 0.29) is 29.0 Å². The first-order valence-corrected chi connectivity index (χ1v) is 8.67. The topological polar surface area (TPSA) is 80.7 Å². The lowest BCUT2D eigenvalue weighted by atomic mass is 10.1. The number of carbonyl (C=O) groups is 3. The second-order valence-corrected chi connectivity index (χ2v) is 7.05. The zero-order valence-electron chi connectivity index (χ0n) is 13.3. The van der Waals surface area contributed by atoms with Crippen LogP contribution >= 0.6 is 11.8 Å². The van der Waals surface area contributed by atoms with Crippen LogP contribution in [-0.4, -0.2) is 27.2 Å². The SMILES string of the molecule is O=C(O)Cc1ccc(Oc2ccc(CC3SC(=O)CC3=O)cc2)cc1. The maximum atomic E-state index is 11.7. The van der Waals surface area contributed by atoms with Crippen LogP contribution in [0.5, 0.6) is 11.5 Å². The van der Waals surface area contributed by atoms with Crippen LogP contribution in [0.3, 0.4) is 0 Å². The third kappa shape index (κ3) is 4.70. The first kappa shape index (κ1) is 17.2. The molecule has 1 N–H and O–H groups in total. The fourth-order valence-corrected chi connectivity index (χ4v) is 3.60. The van der Waals surface area contributed by atoms with E-state index in [0.29, 0.717) is 23.5 Å². The highest BCUT2D eigenvalue weighted by Gasteiger charge is 2.31. The lowest BCUT2D eigenvalue weighted by Crippen LogP contribution is -2.13. The van der Waals surface area contributed by atoms with Gasteiger partial charge in [0.15, 0.2) is 10.9 Å². The second kappa shape index (κ2) is 7.53. The van der Waals surface area contributed by atoms with E-state index >= 15 is 0 Å². The number of carboxylic acids is 1. The van der Waals surface area contributed by atoms with E-state index in [9.17, 15) is 14.4 Å². The monoisotopic (exact) mass is 356 g/mol. The molecule has 1 fully saturated rings. The number of thioether (sulfide) groups is 1. The Hall–Kier alpha value is -2.60. The number of carbonyl (C=O) groups excluding carboxylic acids is 2. The fourth-order valence-electron chi connectivity index (χ4n) is 2.57. The summed E-state index contributed by atoms with van der Waals surface area (Å²) in [5.41, 5.74) is 1.69. The number of benzene rings is 2. The van der Waals surface area contributed by atoms with Crippen molar-refractivity contribution in [2.24, 2.45) is 0 Å². The molecule has 1 aliphatic heterocycles. The molecule has 0 amide bonds. The minimum absolute atomic E-state index is 0.00298. The van der Waals surface area contributed by atoms with Gasteiger partial charge < -0.3 is 9.84 Å². The van der Waals surface area contributed by atoms with E-state index in [4.69, 9.17) is 9.84 Å². The van der Waals surface area contributed by atoms with E-state index in [1.165, 1.54) is 0 Å². The van der Waals surface area contributed by atoms with Gasteiger partial charge in [0.05, 0.1) is 18.1 Å². The molecule has 0 saturated carbocycles. The average molecular weight is 356 g/mol. The molecule has 6 heteroatoms.